The van der Waals surface area contributed by atoms with E-state index in [-0.39, 0.29) is 0 Å². The van der Waals surface area contributed by atoms with Gasteiger partial charge in [0.05, 0.1) is 0 Å². The van der Waals surface area contributed by atoms with Gasteiger partial charge in [0.1, 0.15) is 11.5 Å². The molecule has 2 aromatic rings. The monoisotopic (exact) mass is 203 g/mol. The summed E-state index contributed by atoms with van der Waals surface area (Å²) in [5.74, 6) is 1.59. The summed E-state index contributed by atoms with van der Waals surface area (Å²) in [5.41, 5.74) is 0.835. The smallest absolute Gasteiger partial charge is 0.179 e. The van der Waals surface area contributed by atoms with Gasteiger partial charge in [-0.05, 0) is 19.1 Å². The molecule has 1 N–H and O–H groups in total. The highest BCUT2D eigenvalue weighted by Gasteiger charge is 2.05. The number of anilines is 1. The summed E-state index contributed by atoms with van der Waals surface area (Å²) in [4.78, 5) is 10.7. The van der Waals surface area contributed by atoms with Crippen molar-refractivity contribution in [2.24, 2.45) is 0 Å². The van der Waals surface area contributed by atoms with Crippen molar-refractivity contribution in [1.29, 1.82) is 0 Å². The van der Waals surface area contributed by atoms with Crippen LogP contribution in [0.5, 0.6) is 0 Å². The maximum atomic E-state index is 4.43. The van der Waals surface area contributed by atoms with Gasteiger partial charge in [0.25, 0.3) is 0 Å². The molecule has 0 fully saturated rings. The Hall–Kier alpha value is -1.91. The van der Waals surface area contributed by atoms with E-state index in [2.05, 4.69) is 32.0 Å². The Morgan fingerprint density at radius 2 is 2.20 bits per heavy atom. The normalized spacial score (nSPS) is 10.3. The van der Waals surface area contributed by atoms with Gasteiger partial charge in [-0.25, -0.2) is 9.97 Å². The van der Waals surface area contributed by atoms with Gasteiger partial charge in [0, 0.05) is 26.0 Å². The number of nitrogens with one attached hydrogen (secondary N) is 1. The lowest BCUT2D eigenvalue weighted by molar-refractivity contribution is 0.928. The first-order valence-corrected chi connectivity index (χ1v) is 4.85. The number of aromatic amines is 1. The van der Waals surface area contributed by atoms with Crippen molar-refractivity contribution in [1.82, 2.24) is 20.2 Å². The minimum absolute atomic E-state index is 0.672. The second-order valence-electron chi connectivity index (χ2n) is 3.22. The number of hydrogen-bond acceptors (Lipinski definition) is 4. The predicted octanol–water partition coefficient (Wildman–Crippen LogP) is 1.32. The van der Waals surface area contributed by atoms with E-state index in [4.69, 9.17) is 0 Å². The first kappa shape index (κ1) is 9.64. The molecule has 2 rings (SSSR count). The second-order valence-corrected chi connectivity index (χ2v) is 3.22. The highest BCUT2D eigenvalue weighted by Crippen LogP contribution is 2.14. The number of H-pyrrole nitrogens is 1. The van der Waals surface area contributed by atoms with Crippen molar-refractivity contribution in [2.75, 3.05) is 18.5 Å². The number of hydrogen-bond donors (Lipinski definition) is 1. The average molecular weight is 203 g/mol. The summed E-state index contributed by atoms with van der Waals surface area (Å²) >= 11 is 0. The minimum atomic E-state index is 0.672. The van der Waals surface area contributed by atoms with Crippen molar-refractivity contribution in [3.63, 3.8) is 0 Å². The van der Waals surface area contributed by atoms with Crippen molar-refractivity contribution >= 4 is 5.82 Å². The molecule has 0 spiro atoms. The van der Waals surface area contributed by atoms with E-state index in [1.165, 1.54) is 0 Å². The summed E-state index contributed by atoms with van der Waals surface area (Å²) in [6, 6.07) is 3.74. The van der Waals surface area contributed by atoms with E-state index < -0.39 is 0 Å². The molecule has 2 heterocycles. The second kappa shape index (κ2) is 4.08. The van der Waals surface area contributed by atoms with Crippen molar-refractivity contribution in [3.05, 3.63) is 24.5 Å². The van der Waals surface area contributed by atoms with E-state index in [0.29, 0.717) is 5.82 Å². The van der Waals surface area contributed by atoms with E-state index in [1.54, 1.807) is 12.4 Å². The van der Waals surface area contributed by atoms with Crippen LogP contribution in [0.15, 0.2) is 24.5 Å². The first-order chi connectivity index (χ1) is 7.31. The Morgan fingerprint density at radius 3 is 2.87 bits per heavy atom. The summed E-state index contributed by atoms with van der Waals surface area (Å²) < 4.78 is 0. The summed E-state index contributed by atoms with van der Waals surface area (Å²) in [7, 11) is 2.00. The summed E-state index contributed by atoms with van der Waals surface area (Å²) in [6.45, 7) is 3.00. The highest BCUT2D eigenvalue weighted by molar-refractivity contribution is 5.51. The zero-order valence-electron chi connectivity index (χ0n) is 8.81. The van der Waals surface area contributed by atoms with Crippen LogP contribution in [0.2, 0.25) is 0 Å². The molecule has 0 saturated carbocycles. The lowest BCUT2D eigenvalue weighted by Gasteiger charge is -2.15. The van der Waals surface area contributed by atoms with Crippen LogP contribution >= 0.6 is 0 Å². The van der Waals surface area contributed by atoms with E-state index >= 15 is 0 Å². The molecule has 2 aromatic heterocycles. The molecule has 78 valence electrons. The van der Waals surface area contributed by atoms with Crippen LogP contribution in [-0.2, 0) is 0 Å². The Bertz CT molecular complexity index is 423. The maximum Gasteiger partial charge on any atom is 0.179 e. The molecule has 15 heavy (non-hydrogen) atoms. The predicted molar refractivity (Wildman–Crippen MR) is 58.6 cm³/mol. The fourth-order valence-electron chi connectivity index (χ4n) is 1.23. The van der Waals surface area contributed by atoms with E-state index in [0.717, 1.165) is 18.1 Å². The zero-order valence-corrected chi connectivity index (χ0v) is 8.81. The van der Waals surface area contributed by atoms with Gasteiger partial charge in [-0.3, -0.25) is 5.10 Å². The first-order valence-electron chi connectivity index (χ1n) is 4.85. The number of nitrogens with zero attached hydrogens (tertiary/aromatic N) is 4. The lowest BCUT2D eigenvalue weighted by atomic mass is 10.4. The van der Waals surface area contributed by atoms with Crippen molar-refractivity contribution in [3.8, 4) is 11.5 Å². The van der Waals surface area contributed by atoms with Gasteiger partial charge >= 0.3 is 0 Å². The molecular formula is C10H13N5. The largest absolute Gasteiger partial charge is 0.360 e. The van der Waals surface area contributed by atoms with Gasteiger partial charge < -0.3 is 4.90 Å². The van der Waals surface area contributed by atoms with Gasteiger partial charge in [-0.15, -0.1) is 0 Å². The van der Waals surface area contributed by atoms with Crippen molar-refractivity contribution < 1.29 is 0 Å². The van der Waals surface area contributed by atoms with E-state index in [9.17, 15) is 0 Å². The molecule has 0 saturated heterocycles. The Morgan fingerprint density at radius 1 is 1.33 bits per heavy atom. The minimum Gasteiger partial charge on any atom is -0.360 e. The molecule has 0 radical (unpaired) electrons. The molecule has 0 bridgehead atoms. The molecular weight excluding hydrogens is 190 g/mol. The van der Waals surface area contributed by atoms with Gasteiger partial charge in [-0.1, -0.05) is 0 Å². The standard InChI is InChI=1S/C10H13N5/c1-3-15(2)9-5-6-11-10(13-9)8-4-7-12-14-8/h4-7H,3H2,1-2H3,(H,12,14). The SMILES string of the molecule is CCN(C)c1ccnc(-c2ccn[nH]2)n1. The van der Waals surface area contributed by atoms with Crippen LogP contribution in [0.3, 0.4) is 0 Å². The third-order valence-corrected chi connectivity index (χ3v) is 2.25. The van der Waals surface area contributed by atoms with Gasteiger partial charge in [0.15, 0.2) is 5.82 Å². The molecule has 0 amide bonds. The Labute approximate surface area is 88.2 Å². The topological polar surface area (TPSA) is 57.7 Å². The van der Waals surface area contributed by atoms with Crippen LogP contribution in [-0.4, -0.2) is 33.8 Å². The van der Waals surface area contributed by atoms with Crippen LogP contribution in [0.25, 0.3) is 11.5 Å². The third kappa shape index (κ3) is 1.96. The molecule has 0 aliphatic heterocycles. The number of aromatic nitrogens is 4. The Balaban J connectivity index is 2.35. The number of rotatable bonds is 3. The molecule has 5 heteroatoms. The third-order valence-electron chi connectivity index (χ3n) is 2.25. The molecule has 0 atom stereocenters. The van der Waals surface area contributed by atoms with Crippen molar-refractivity contribution in [2.45, 2.75) is 6.92 Å². The van der Waals surface area contributed by atoms with Crippen LogP contribution in [0, 0.1) is 0 Å². The Kier molecular flexibility index (Phi) is 2.62. The van der Waals surface area contributed by atoms with Crippen LogP contribution in [0.4, 0.5) is 5.82 Å². The molecule has 0 aliphatic rings. The highest BCUT2D eigenvalue weighted by atomic mass is 15.2. The zero-order chi connectivity index (χ0) is 10.7. The molecule has 0 aromatic carbocycles. The van der Waals surface area contributed by atoms with Gasteiger partial charge in [-0.2, -0.15) is 5.10 Å². The lowest BCUT2D eigenvalue weighted by Crippen LogP contribution is -2.17. The van der Waals surface area contributed by atoms with Gasteiger partial charge in [0.2, 0.25) is 0 Å². The fraction of sp³-hybridized carbons (Fsp3) is 0.300. The summed E-state index contributed by atoms with van der Waals surface area (Å²) in [6.07, 6.45) is 3.44. The van der Waals surface area contributed by atoms with E-state index in [1.807, 2.05) is 19.2 Å². The fourth-order valence-corrected chi connectivity index (χ4v) is 1.23. The average Bonchev–Trinajstić information content (AvgIpc) is 2.82. The molecule has 0 aliphatic carbocycles. The van der Waals surface area contributed by atoms with Crippen LogP contribution < -0.4 is 4.90 Å². The summed E-state index contributed by atoms with van der Waals surface area (Å²) in [5, 5.41) is 6.72. The maximum absolute atomic E-state index is 4.43. The quantitative estimate of drug-likeness (QED) is 0.817. The van der Waals surface area contributed by atoms with Crippen LogP contribution in [0.1, 0.15) is 6.92 Å². The molecule has 5 nitrogen and oxygen atoms in total. The molecule has 0 unspecified atom stereocenters.